The molecule has 0 spiro atoms. The van der Waals surface area contributed by atoms with Gasteiger partial charge in [0.15, 0.2) is 0 Å². The predicted octanol–water partition coefficient (Wildman–Crippen LogP) is 1.63. The fourth-order valence-electron chi connectivity index (χ4n) is 1.60. The van der Waals surface area contributed by atoms with Gasteiger partial charge in [-0.15, -0.1) is 12.4 Å². The number of hydrogen-bond acceptors (Lipinski definition) is 2. The molecule has 0 radical (unpaired) electrons. The maximum atomic E-state index is 5.68. The predicted molar refractivity (Wildman–Crippen MR) is 55.7 cm³/mol. The molecule has 3 heteroatoms. The Kier molecular flexibility index (Phi) is 3.58. The number of halogens is 1. The van der Waals surface area contributed by atoms with E-state index < -0.39 is 0 Å². The maximum Gasteiger partial charge on any atom is 0.123 e. The van der Waals surface area contributed by atoms with Gasteiger partial charge < -0.3 is 10.1 Å². The van der Waals surface area contributed by atoms with Gasteiger partial charge in [-0.05, 0) is 18.7 Å². The lowest BCUT2D eigenvalue weighted by Gasteiger charge is -2.08. The molecule has 0 aliphatic carbocycles. The highest BCUT2D eigenvalue weighted by Gasteiger charge is 2.20. The molecule has 0 amide bonds. The van der Waals surface area contributed by atoms with Crippen molar-refractivity contribution in [2.45, 2.75) is 12.5 Å². The number of benzene rings is 1. The number of rotatable bonds is 2. The lowest BCUT2D eigenvalue weighted by Crippen LogP contribution is -2.27. The zero-order valence-electron chi connectivity index (χ0n) is 7.62. The summed E-state index contributed by atoms with van der Waals surface area (Å²) in [6.07, 6.45) is 1.36. The summed E-state index contributed by atoms with van der Waals surface area (Å²) in [5.41, 5.74) is 1.33. The van der Waals surface area contributed by atoms with Crippen molar-refractivity contribution >= 4 is 12.4 Å². The number of hydrogen-bond donors (Lipinski definition) is 1. The van der Waals surface area contributed by atoms with Gasteiger partial charge >= 0.3 is 0 Å². The largest absolute Gasteiger partial charge is 0.488 e. The van der Waals surface area contributed by atoms with E-state index in [4.69, 9.17) is 4.74 Å². The van der Waals surface area contributed by atoms with Crippen molar-refractivity contribution in [2.75, 3.05) is 13.6 Å². The molecule has 1 aliphatic rings. The van der Waals surface area contributed by atoms with Crippen LogP contribution >= 0.6 is 12.4 Å². The van der Waals surface area contributed by atoms with Crippen LogP contribution in [0.15, 0.2) is 24.3 Å². The van der Waals surface area contributed by atoms with E-state index in [9.17, 15) is 0 Å². The van der Waals surface area contributed by atoms with E-state index in [0.717, 1.165) is 18.7 Å². The van der Waals surface area contributed by atoms with Crippen LogP contribution in [0, 0.1) is 0 Å². The zero-order valence-corrected chi connectivity index (χ0v) is 8.43. The van der Waals surface area contributed by atoms with Crippen LogP contribution in [0.3, 0.4) is 0 Å². The first-order valence-electron chi connectivity index (χ1n) is 4.29. The van der Waals surface area contributed by atoms with Gasteiger partial charge in [-0.2, -0.15) is 0 Å². The molecule has 72 valence electrons. The summed E-state index contributed by atoms with van der Waals surface area (Å²) in [5, 5.41) is 3.12. The Labute approximate surface area is 84.7 Å². The fourth-order valence-corrected chi connectivity index (χ4v) is 1.60. The Morgan fingerprint density at radius 2 is 2.23 bits per heavy atom. The first-order valence-corrected chi connectivity index (χ1v) is 4.29. The Morgan fingerprint density at radius 1 is 1.46 bits per heavy atom. The topological polar surface area (TPSA) is 21.3 Å². The SMILES string of the molecule is CNCC1Cc2ccccc2O1.Cl. The third-order valence-electron chi connectivity index (χ3n) is 2.15. The average Bonchev–Trinajstić information content (AvgIpc) is 2.47. The molecule has 1 aromatic carbocycles. The van der Waals surface area contributed by atoms with Crippen molar-refractivity contribution in [3.05, 3.63) is 29.8 Å². The summed E-state index contributed by atoms with van der Waals surface area (Å²) in [4.78, 5) is 0. The number of likely N-dealkylation sites (N-methyl/N-ethyl adjacent to an activating group) is 1. The first-order chi connectivity index (χ1) is 5.90. The van der Waals surface area contributed by atoms with Crippen LogP contribution < -0.4 is 10.1 Å². The molecule has 13 heavy (non-hydrogen) atoms. The maximum absolute atomic E-state index is 5.68. The zero-order chi connectivity index (χ0) is 8.39. The molecule has 0 fully saturated rings. The summed E-state index contributed by atoms with van der Waals surface area (Å²) in [6, 6.07) is 8.24. The van der Waals surface area contributed by atoms with E-state index in [-0.39, 0.29) is 12.4 Å². The number of fused-ring (bicyclic) bond motifs is 1. The van der Waals surface area contributed by atoms with E-state index in [1.807, 2.05) is 19.2 Å². The smallest absolute Gasteiger partial charge is 0.123 e. The van der Waals surface area contributed by atoms with Crippen LogP contribution in [0.1, 0.15) is 5.56 Å². The Hall–Kier alpha value is -0.730. The molecule has 1 heterocycles. The van der Waals surface area contributed by atoms with Crippen molar-refractivity contribution in [2.24, 2.45) is 0 Å². The van der Waals surface area contributed by atoms with Crippen molar-refractivity contribution in [3.8, 4) is 5.75 Å². The normalized spacial score (nSPS) is 18.7. The van der Waals surface area contributed by atoms with Gasteiger partial charge in [-0.3, -0.25) is 0 Å². The van der Waals surface area contributed by atoms with Gasteiger partial charge in [0.2, 0.25) is 0 Å². The minimum Gasteiger partial charge on any atom is -0.488 e. The molecule has 2 nitrogen and oxygen atoms in total. The highest BCUT2D eigenvalue weighted by Crippen LogP contribution is 2.27. The third-order valence-corrected chi connectivity index (χ3v) is 2.15. The summed E-state index contributed by atoms with van der Waals surface area (Å²) in [7, 11) is 1.95. The van der Waals surface area contributed by atoms with E-state index in [2.05, 4.69) is 17.4 Å². The van der Waals surface area contributed by atoms with Gasteiger partial charge in [0.1, 0.15) is 11.9 Å². The van der Waals surface area contributed by atoms with Gasteiger partial charge in [-0.25, -0.2) is 0 Å². The second-order valence-electron chi connectivity index (χ2n) is 3.11. The quantitative estimate of drug-likeness (QED) is 0.782. The highest BCUT2D eigenvalue weighted by atomic mass is 35.5. The van der Waals surface area contributed by atoms with Crippen LogP contribution in [0.4, 0.5) is 0 Å². The van der Waals surface area contributed by atoms with Crippen LogP contribution in [0.5, 0.6) is 5.75 Å². The molecule has 1 N–H and O–H groups in total. The van der Waals surface area contributed by atoms with Gasteiger partial charge in [-0.1, -0.05) is 18.2 Å². The number of ether oxygens (including phenoxy) is 1. The third kappa shape index (κ3) is 2.14. The molecule has 0 aromatic heterocycles. The van der Waals surface area contributed by atoms with Crippen LogP contribution in [-0.2, 0) is 6.42 Å². The molecule has 0 saturated carbocycles. The molecule has 2 rings (SSSR count). The lowest BCUT2D eigenvalue weighted by molar-refractivity contribution is 0.231. The van der Waals surface area contributed by atoms with E-state index in [0.29, 0.717) is 6.10 Å². The minimum atomic E-state index is 0. The first kappa shape index (κ1) is 10.4. The second kappa shape index (κ2) is 4.49. The number of nitrogens with one attached hydrogen (secondary N) is 1. The van der Waals surface area contributed by atoms with Gasteiger partial charge in [0.25, 0.3) is 0 Å². The van der Waals surface area contributed by atoms with E-state index in [1.165, 1.54) is 5.56 Å². The second-order valence-corrected chi connectivity index (χ2v) is 3.11. The van der Waals surface area contributed by atoms with Crippen LogP contribution in [-0.4, -0.2) is 19.7 Å². The van der Waals surface area contributed by atoms with E-state index >= 15 is 0 Å². The summed E-state index contributed by atoms with van der Waals surface area (Å²) < 4.78 is 5.68. The molecule has 0 saturated heterocycles. The van der Waals surface area contributed by atoms with Crippen molar-refractivity contribution in [1.82, 2.24) is 5.32 Å². The van der Waals surface area contributed by atoms with Gasteiger partial charge in [0.05, 0.1) is 0 Å². The van der Waals surface area contributed by atoms with Gasteiger partial charge in [0, 0.05) is 13.0 Å². The molecule has 1 aromatic rings. The molecule has 1 atom stereocenters. The summed E-state index contributed by atoms with van der Waals surface area (Å²) in [5.74, 6) is 1.05. The Morgan fingerprint density at radius 3 is 2.92 bits per heavy atom. The molecular weight excluding hydrogens is 186 g/mol. The van der Waals surface area contributed by atoms with Crippen molar-refractivity contribution in [3.63, 3.8) is 0 Å². The lowest BCUT2D eigenvalue weighted by atomic mass is 10.1. The molecule has 0 bridgehead atoms. The summed E-state index contributed by atoms with van der Waals surface area (Å²) >= 11 is 0. The van der Waals surface area contributed by atoms with Crippen molar-refractivity contribution in [1.29, 1.82) is 0 Å². The Balaban J connectivity index is 0.000000845. The molecule has 1 aliphatic heterocycles. The standard InChI is InChI=1S/C10H13NO.ClH/c1-11-7-9-6-8-4-2-3-5-10(8)12-9;/h2-5,9,11H,6-7H2,1H3;1H. The monoisotopic (exact) mass is 199 g/mol. The summed E-state index contributed by atoms with van der Waals surface area (Å²) in [6.45, 7) is 0.925. The average molecular weight is 200 g/mol. The van der Waals surface area contributed by atoms with Crippen LogP contribution in [0.2, 0.25) is 0 Å². The molecular formula is C10H14ClNO. The Bertz CT molecular complexity index is 252. The highest BCUT2D eigenvalue weighted by molar-refractivity contribution is 5.85. The molecule has 1 unspecified atom stereocenters. The fraction of sp³-hybridized carbons (Fsp3) is 0.400. The number of para-hydroxylation sites is 1. The van der Waals surface area contributed by atoms with Crippen molar-refractivity contribution < 1.29 is 4.74 Å². The minimum absolute atomic E-state index is 0. The van der Waals surface area contributed by atoms with Crippen LogP contribution in [0.25, 0.3) is 0 Å². The van der Waals surface area contributed by atoms with E-state index in [1.54, 1.807) is 0 Å².